The van der Waals surface area contributed by atoms with Gasteiger partial charge in [-0.15, -0.1) is 0 Å². The van der Waals surface area contributed by atoms with Gasteiger partial charge in [0.25, 0.3) is 0 Å². The highest BCUT2D eigenvalue weighted by molar-refractivity contribution is 7.89. The molecular formula is C20H23F2NO3S. The van der Waals surface area contributed by atoms with Gasteiger partial charge in [0.1, 0.15) is 11.6 Å². The standard InChI is InChI=1S/C20H23F2NO3S/c1-20(2,24)14-5-7-16(11-14)23-27(25,26)17-8-3-13(4-9-17)18-10-6-15(21)12-19(18)22/h3-4,6,8-10,12,14,16,23-24H,5,7,11H2,1-2H3/t14-,16-/m1/s1. The van der Waals surface area contributed by atoms with Crippen LogP contribution in [0.5, 0.6) is 0 Å². The van der Waals surface area contributed by atoms with E-state index in [1.54, 1.807) is 13.8 Å². The Kier molecular flexibility index (Phi) is 5.38. The summed E-state index contributed by atoms with van der Waals surface area (Å²) in [6.45, 7) is 3.48. The Morgan fingerprint density at radius 3 is 2.30 bits per heavy atom. The van der Waals surface area contributed by atoms with Crippen LogP contribution in [0.1, 0.15) is 33.1 Å². The highest BCUT2D eigenvalue weighted by Crippen LogP contribution is 2.34. The lowest BCUT2D eigenvalue weighted by molar-refractivity contribution is 0.0193. The number of hydrogen-bond donors (Lipinski definition) is 2. The van der Waals surface area contributed by atoms with E-state index in [-0.39, 0.29) is 22.4 Å². The fourth-order valence-corrected chi connectivity index (χ4v) is 4.84. The predicted octanol–water partition coefficient (Wildman–Crippen LogP) is 3.85. The maximum Gasteiger partial charge on any atom is 0.240 e. The minimum atomic E-state index is -3.71. The zero-order valence-corrected chi connectivity index (χ0v) is 16.1. The average molecular weight is 395 g/mol. The molecule has 0 saturated heterocycles. The quantitative estimate of drug-likeness (QED) is 0.808. The first-order valence-corrected chi connectivity index (χ1v) is 10.3. The minimum Gasteiger partial charge on any atom is -0.390 e. The highest BCUT2D eigenvalue weighted by atomic mass is 32.2. The van der Waals surface area contributed by atoms with E-state index >= 15 is 0 Å². The fourth-order valence-electron chi connectivity index (χ4n) is 3.55. The van der Waals surface area contributed by atoms with Crippen LogP contribution in [-0.4, -0.2) is 25.2 Å². The number of rotatable bonds is 5. The Bertz CT molecular complexity index is 921. The number of benzene rings is 2. The van der Waals surface area contributed by atoms with Gasteiger partial charge >= 0.3 is 0 Å². The van der Waals surface area contributed by atoms with E-state index in [1.807, 2.05) is 0 Å². The molecule has 7 heteroatoms. The molecule has 1 aliphatic rings. The number of hydrogen-bond acceptors (Lipinski definition) is 3. The van der Waals surface area contributed by atoms with Crippen LogP contribution < -0.4 is 4.72 Å². The summed E-state index contributed by atoms with van der Waals surface area (Å²) in [5, 5.41) is 10.1. The van der Waals surface area contributed by atoms with Crippen molar-refractivity contribution in [1.29, 1.82) is 0 Å². The van der Waals surface area contributed by atoms with Crippen LogP contribution in [0.4, 0.5) is 8.78 Å². The summed E-state index contributed by atoms with van der Waals surface area (Å²) in [5.74, 6) is -1.32. The van der Waals surface area contributed by atoms with Crippen molar-refractivity contribution < 1.29 is 22.3 Å². The molecular weight excluding hydrogens is 372 g/mol. The molecule has 0 unspecified atom stereocenters. The molecule has 0 heterocycles. The monoisotopic (exact) mass is 395 g/mol. The SMILES string of the molecule is CC(C)(O)[C@@H]1CC[C@@H](NS(=O)(=O)c2ccc(-c3ccc(F)cc3F)cc2)C1. The van der Waals surface area contributed by atoms with E-state index < -0.39 is 27.3 Å². The molecule has 146 valence electrons. The molecule has 3 rings (SSSR count). The second-order valence-corrected chi connectivity index (χ2v) is 9.34. The lowest BCUT2D eigenvalue weighted by atomic mass is 9.90. The molecule has 0 bridgehead atoms. The molecule has 2 aromatic rings. The topological polar surface area (TPSA) is 66.4 Å². The molecule has 1 aliphatic carbocycles. The Labute approximate surface area is 158 Å². The summed E-state index contributed by atoms with van der Waals surface area (Å²) < 4.78 is 54.8. The fraction of sp³-hybridized carbons (Fsp3) is 0.400. The zero-order chi connectivity index (χ0) is 19.8. The number of sulfonamides is 1. The molecule has 0 amide bonds. The van der Waals surface area contributed by atoms with Crippen molar-refractivity contribution in [2.75, 3.05) is 0 Å². The molecule has 0 spiro atoms. The number of nitrogens with one attached hydrogen (secondary N) is 1. The predicted molar refractivity (Wildman–Crippen MR) is 99.5 cm³/mol. The van der Waals surface area contributed by atoms with Crippen molar-refractivity contribution in [3.8, 4) is 11.1 Å². The third-order valence-corrected chi connectivity index (χ3v) is 6.70. The van der Waals surface area contributed by atoms with Crippen LogP contribution in [0.3, 0.4) is 0 Å². The summed E-state index contributed by atoms with van der Waals surface area (Å²) in [7, 11) is -3.71. The molecule has 2 N–H and O–H groups in total. The van der Waals surface area contributed by atoms with Crippen LogP contribution >= 0.6 is 0 Å². The van der Waals surface area contributed by atoms with E-state index in [2.05, 4.69) is 4.72 Å². The smallest absolute Gasteiger partial charge is 0.240 e. The van der Waals surface area contributed by atoms with Gasteiger partial charge in [-0.1, -0.05) is 12.1 Å². The van der Waals surface area contributed by atoms with Gasteiger partial charge in [-0.3, -0.25) is 0 Å². The van der Waals surface area contributed by atoms with Gasteiger partial charge in [0, 0.05) is 17.7 Å². The van der Waals surface area contributed by atoms with Crippen molar-refractivity contribution in [1.82, 2.24) is 4.72 Å². The Balaban J connectivity index is 1.74. The largest absolute Gasteiger partial charge is 0.390 e. The molecule has 0 radical (unpaired) electrons. The van der Waals surface area contributed by atoms with E-state index in [0.29, 0.717) is 18.4 Å². The molecule has 0 aromatic heterocycles. The van der Waals surface area contributed by atoms with Crippen molar-refractivity contribution in [2.45, 2.75) is 49.6 Å². The van der Waals surface area contributed by atoms with E-state index in [4.69, 9.17) is 0 Å². The first-order valence-electron chi connectivity index (χ1n) is 8.86. The molecule has 2 aromatic carbocycles. The molecule has 1 fully saturated rings. The van der Waals surface area contributed by atoms with Crippen molar-refractivity contribution >= 4 is 10.0 Å². The molecule has 1 saturated carbocycles. The molecule has 0 aliphatic heterocycles. The van der Waals surface area contributed by atoms with Crippen LogP contribution in [0.2, 0.25) is 0 Å². The third kappa shape index (κ3) is 4.54. The molecule has 4 nitrogen and oxygen atoms in total. The first-order chi connectivity index (χ1) is 12.6. The van der Waals surface area contributed by atoms with Gasteiger partial charge in [-0.2, -0.15) is 0 Å². The lowest BCUT2D eigenvalue weighted by Crippen LogP contribution is -2.35. The van der Waals surface area contributed by atoms with Crippen LogP contribution in [0.15, 0.2) is 47.4 Å². The summed E-state index contributed by atoms with van der Waals surface area (Å²) in [5.41, 5.74) is -0.160. The van der Waals surface area contributed by atoms with E-state index in [0.717, 1.165) is 18.6 Å². The Hall–Kier alpha value is -1.83. The summed E-state index contributed by atoms with van der Waals surface area (Å²) in [6, 6.07) is 8.86. The lowest BCUT2D eigenvalue weighted by Gasteiger charge is -2.25. The molecule has 2 atom stereocenters. The van der Waals surface area contributed by atoms with Crippen LogP contribution in [-0.2, 0) is 10.0 Å². The van der Waals surface area contributed by atoms with E-state index in [9.17, 15) is 22.3 Å². The maximum atomic E-state index is 13.9. The average Bonchev–Trinajstić information content (AvgIpc) is 3.03. The van der Waals surface area contributed by atoms with E-state index in [1.165, 1.54) is 30.3 Å². The maximum absolute atomic E-state index is 13.9. The third-order valence-electron chi connectivity index (χ3n) is 5.16. The number of aliphatic hydroxyl groups is 1. The van der Waals surface area contributed by atoms with Crippen molar-refractivity contribution in [3.63, 3.8) is 0 Å². The van der Waals surface area contributed by atoms with Crippen molar-refractivity contribution in [3.05, 3.63) is 54.1 Å². The Morgan fingerprint density at radius 1 is 1.07 bits per heavy atom. The van der Waals surface area contributed by atoms with Gasteiger partial charge in [-0.25, -0.2) is 21.9 Å². The van der Waals surface area contributed by atoms with Crippen molar-refractivity contribution in [2.24, 2.45) is 5.92 Å². The van der Waals surface area contributed by atoms with Gasteiger partial charge in [0.05, 0.1) is 10.5 Å². The van der Waals surface area contributed by atoms with Crippen LogP contribution in [0, 0.1) is 17.6 Å². The normalized spacial score (nSPS) is 20.8. The van der Waals surface area contributed by atoms with Gasteiger partial charge in [-0.05, 0) is 68.9 Å². The summed E-state index contributed by atoms with van der Waals surface area (Å²) in [4.78, 5) is 0.0838. The van der Waals surface area contributed by atoms with Gasteiger partial charge in [0.15, 0.2) is 0 Å². The molecule has 27 heavy (non-hydrogen) atoms. The second-order valence-electron chi connectivity index (χ2n) is 7.63. The first kappa shape index (κ1) is 19.9. The second kappa shape index (κ2) is 7.30. The Morgan fingerprint density at radius 2 is 1.74 bits per heavy atom. The zero-order valence-electron chi connectivity index (χ0n) is 15.2. The summed E-state index contributed by atoms with van der Waals surface area (Å²) in [6.07, 6.45) is 2.02. The summed E-state index contributed by atoms with van der Waals surface area (Å²) >= 11 is 0. The highest BCUT2D eigenvalue weighted by Gasteiger charge is 2.36. The number of halogens is 2. The van der Waals surface area contributed by atoms with Gasteiger partial charge < -0.3 is 5.11 Å². The van der Waals surface area contributed by atoms with Crippen LogP contribution in [0.25, 0.3) is 11.1 Å². The van der Waals surface area contributed by atoms with Gasteiger partial charge in [0.2, 0.25) is 10.0 Å². The minimum absolute atomic E-state index is 0.0500.